The predicted octanol–water partition coefficient (Wildman–Crippen LogP) is 1.77. The number of benzene rings is 1. The molecule has 2 fully saturated rings. The number of hydrogen-bond donors (Lipinski definition) is 2. The van der Waals surface area contributed by atoms with E-state index in [0.29, 0.717) is 43.3 Å². The fourth-order valence-corrected chi connectivity index (χ4v) is 3.98. The first-order chi connectivity index (χ1) is 15.9. The topological polar surface area (TPSA) is 107 Å². The van der Waals surface area contributed by atoms with Crippen LogP contribution in [-0.2, 0) is 20.9 Å². The third-order valence-electron chi connectivity index (χ3n) is 5.65. The zero-order chi connectivity index (χ0) is 23.4. The molecule has 1 aromatic heterocycles. The fraction of sp³-hybridized carbons (Fsp3) is 0.409. The minimum Gasteiger partial charge on any atom is -0.444 e. The number of cyclic esters (lactones) is 1. The number of nitrogens with one attached hydrogen (secondary N) is 2. The van der Waals surface area contributed by atoms with E-state index in [1.165, 1.54) is 17.9 Å². The highest BCUT2D eigenvalue weighted by Gasteiger charge is 2.33. The van der Waals surface area contributed by atoms with Gasteiger partial charge in [-0.15, -0.1) is 0 Å². The van der Waals surface area contributed by atoms with Gasteiger partial charge in [-0.25, -0.2) is 9.18 Å². The monoisotopic (exact) mass is 459 g/mol. The molecular formula is C22H26FN5O5. The summed E-state index contributed by atoms with van der Waals surface area (Å²) in [5.41, 5.74) is 0.902. The second-order valence-electron chi connectivity index (χ2n) is 7.98. The number of carbonyl (C=O) groups excluding carboxylic acids is 3. The molecule has 176 valence electrons. The minimum absolute atomic E-state index is 0.205. The van der Waals surface area contributed by atoms with Gasteiger partial charge in [0.2, 0.25) is 12.3 Å². The smallest absolute Gasteiger partial charge is 0.414 e. The van der Waals surface area contributed by atoms with E-state index in [0.717, 1.165) is 18.8 Å². The third kappa shape index (κ3) is 5.43. The molecular weight excluding hydrogens is 433 g/mol. The van der Waals surface area contributed by atoms with Gasteiger partial charge in [0, 0.05) is 39.2 Å². The second kappa shape index (κ2) is 9.90. The molecule has 2 aliphatic heterocycles. The molecule has 2 aromatic rings. The molecule has 11 heteroatoms. The first-order valence-electron chi connectivity index (χ1n) is 10.7. The lowest BCUT2D eigenvalue weighted by molar-refractivity contribution is -0.119. The Bertz CT molecular complexity index is 1020. The number of ether oxygens (including phenoxy) is 1. The zero-order valence-corrected chi connectivity index (χ0v) is 18.3. The molecule has 3 heterocycles. The molecule has 1 atom stereocenters. The average Bonchev–Trinajstić information content (AvgIpc) is 3.39. The molecule has 2 aliphatic rings. The maximum atomic E-state index is 14.9. The molecule has 2 saturated heterocycles. The van der Waals surface area contributed by atoms with Gasteiger partial charge in [-0.05, 0) is 24.3 Å². The second-order valence-corrected chi connectivity index (χ2v) is 7.98. The number of amides is 3. The molecule has 4 rings (SSSR count). The van der Waals surface area contributed by atoms with Crippen molar-refractivity contribution in [2.24, 2.45) is 0 Å². The van der Waals surface area contributed by atoms with Gasteiger partial charge >= 0.3 is 6.09 Å². The van der Waals surface area contributed by atoms with Crippen LogP contribution >= 0.6 is 0 Å². The van der Waals surface area contributed by atoms with Gasteiger partial charge < -0.3 is 19.4 Å². The van der Waals surface area contributed by atoms with Crippen LogP contribution in [0.4, 0.5) is 26.4 Å². The summed E-state index contributed by atoms with van der Waals surface area (Å²) in [4.78, 5) is 39.3. The molecule has 33 heavy (non-hydrogen) atoms. The minimum atomic E-state index is -0.560. The van der Waals surface area contributed by atoms with E-state index >= 15 is 0 Å². The molecule has 2 N–H and O–H groups in total. The molecule has 3 amide bonds. The molecule has 0 aliphatic carbocycles. The van der Waals surface area contributed by atoms with Crippen LogP contribution in [0.2, 0.25) is 0 Å². The number of carbonyl (C=O) groups is 3. The van der Waals surface area contributed by atoms with Crippen LogP contribution in [0.15, 0.2) is 34.7 Å². The number of halogens is 1. The van der Waals surface area contributed by atoms with Crippen molar-refractivity contribution in [3.63, 3.8) is 0 Å². The standard InChI is InChI=1S/C22H26FN5O5/c1-15(30)24-11-18-13-28(22(31)33-18)16-2-4-20(19(23)10-16)27-8-6-26(7-9-27)12-17-3-5-21(32-17)25-14-29/h2-5,10,14,18H,6-9,11-13H2,1H3,(H,24,30)(H,25,29)/t18-/m0/s1. The van der Waals surface area contributed by atoms with Crippen molar-refractivity contribution >= 4 is 35.7 Å². The van der Waals surface area contributed by atoms with Crippen LogP contribution in [0, 0.1) is 5.82 Å². The van der Waals surface area contributed by atoms with E-state index in [2.05, 4.69) is 15.5 Å². The van der Waals surface area contributed by atoms with Crippen LogP contribution in [0.5, 0.6) is 0 Å². The lowest BCUT2D eigenvalue weighted by atomic mass is 10.2. The van der Waals surface area contributed by atoms with E-state index in [1.807, 2.05) is 11.0 Å². The van der Waals surface area contributed by atoms with Crippen LogP contribution in [-0.4, -0.2) is 68.7 Å². The molecule has 0 radical (unpaired) electrons. The Kier molecular flexibility index (Phi) is 6.78. The van der Waals surface area contributed by atoms with Gasteiger partial charge in [-0.1, -0.05) is 0 Å². The normalized spacial score (nSPS) is 18.8. The van der Waals surface area contributed by atoms with Crippen LogP contribution in [0.3, 0.4) is 0 Å². The number of anilines is 3. The first-order valence-corrected chi connectivity index (χ1v) is 10.7. The van der Waals surface area contributed by atoms with Crippen molar-refractivity contribution in [2.45, 2.75) is 19.6 Å². The SMILES string of the molecule is CC(=O)NC[C@H]1CN(c2ccc(N3CCN(Cc4ccc(NC=O)o4)CC3)c(F)c2)C(=O)O1. The van der Waals surface area contributed by atoms with Gasteiger partial charge in [0.15, 0.2) is 5.88 Å². The van der Waals surface area contributed by atoms with Gasteiger partial charge in [0.25, 0.3) is 0 Å². The van der Waals surface area contributed by atoms with Gasteiger partial charge in [0.1, 0.15) is 17.7 Å². The summed E-state index contributed by atoms with van der Waals surface area (Å²) in [5, 5.41) is 5.09. The zero-order valence-electron chi connectivity index (χ0n) is 18.3. The van der Waals surface area contributed by atoms with Crippen molar-refractivity contribution < 1.29 is 27.9 Å². The van der Waals surface area contributed by atoms with E-state index in [1.54, 1.807) is 18.2 Å². The summed E-state index contributed by atoms with van der Waals surface area (Å²) in [6.45, 7) is 5.18. The molecule has 0 spiro atoms. The Morgan fingerprint density at radius 1 is 1.21 bits per heavy atom. The summed E-state index contributed by atoms with van der Waals surface area (Å²) in [6, 6.07) is 8.25. The lowest BCUT2D eigenvalue weighted by Crippen LogP contribution is -2.46. The lowest BCUT2D eigenvalue weighted by Gasteiger charge is -2.36. The van der Waals surface area contributed by atoms with Crippen LogP contribution in [0.1, 0.15) is 12.7 Å². The summed E-state index contributed by atoms with van der Waals surface area (Å²) in [5.74, 6) is 0.542. The van der Waals surface area contributed by atoms with Gasteiger partial charge in [0.05, 0.1) is 31.0 Å². The van der Waals surface area contributed by atoms with Crippen molar-refractivity contribution in [3.05, 3.63) is 41.9 Å². The van der Waals surface area contributed by atoms with E-state index in [4.69, 9.17) is 9.15 Å². The Balaban J connectivity index is 1.32. The Morgan fingerprint density at radius 3 is 2.70 bits per heavy atom. The Hall–Kier alpha value is -3.60. The maximum Gasteiger partial charge on any atom is 0.414 e. The summed E-state index contributed by atoms with van der Waals surface area (Å²) in [7, 11) is 0. The molecule has 0 unspecified atom stereocenters. The van der Waals surface area contributed by atoms with Crippen LogP contribution in [0.25, 0.3) is 0 Å². The predicted molar refractivity (Wildman–Crippen MR) is 119 cm³/mol. The molecule has 10 nitrogen and oxygen atoms in total. The van der Waals surface area contributed by atoms with Crippen molar-refractivity contribution in [2.75, 3.05) is 54.4 Å². The van der Waals surface area contributed by atoms with Crippen molar-refractivity contribution in [1.29, 1.82) is 0 Å². The Labute approximate surface area is 190 Å². The quantitative estimate of drug-likeness (QED) is 0.580. The molecule has 0 bridgehead atoms. The number of rotatable bonds is 8. The van der Waals surface area contributed by atoms with E-state index < -0.39 is 18.0 Å². The van der Waals surface area contributed by atoms with Gasteiger partial charge in [-0.3, -0.25) is 24.7 Å². The maximum absolute atomic E-state index is 14.9. The van der Waals surface area contributed by atoms with E-state index in [-0.39, 0.29) is 19.0 Å². The Morgan fingerprint density at radius 2 is 2.00 bits per heavy atom. The summed E-state index contributed by atoms with van der Waals surface area (Å²) >= 11 is 0. The molecule has 1 aromatic carbocycles. The van der Waals surface area contributed by atoms with Crippen LogP contribution < -0.4 is 20.4 Å². The average molecular weight is 459 g/mol. The van der Waals surface area contributed by atoms with Crippen molar-refractivity contribution in [1.82, 2.24) is 10.2 Å². The largest absolute Gasteiger partial charge is 0.444 e. The van der Waals surface area contributed by atoms with E-state index in [9.17, 15) is 18.8 Å². The highest BCUT2D eigenvalue weighted by Crippen LogP contribution is 2.28. The highest BCUT2D eigenvalue weighted by molar-refractivity contribution is 5.90. The number of piperazine rings is 1. The van der Waals surface area contributed by atoms with Crippen molar-refractivity contribution in [3.8, 4) is 0 Å². The first kappa shape index (κ1) is 22.6. The van der Waals surface area contributed by atoms with Gasteiger partial charge in [-0.2, -0.15) is 0 Å². The number of nitrogens with zero attached hydrogens (tertiary/aromatic N) is 3. The number of hydrogen-bond acceptors (Lipinski definition) is 7. The molecule has 0 saturated carbocycles. The number of furan rings is 1. The summed E-state index contributed by atoms with van der Waals surface area (Å²) < 4.78 is 25.7. The summed E-state index contributed by atoms with van der Waals surface area (Å²) in [6.07, 6.45) is -0.468. The third-order valence-corrected chi connectivity index (χ3v) is 5.65. The highest BCUT2D eigenvalue weighted by atomic mass is 19.1. The fourth-order valence-electron chi connectivity index (χ4n) is 3.98.